The number of carbonyl (C=O) groups is 2. The Bertz CT molecular complexity index is 1100. The van der Waals surface area contributed by atoms with E-state index in [1.165, 1.54) is 23.0 Å². The maximum Gasteiger partial charge on any atom is 0.341 e. The van der Waals surface area contributed by atoms with Gasteiger partial charge < -0.3 is 10.1 Å². The van der Waals surface area contributed by atoms with E-state index >= 15 is 0 Å². The van der Waals surface area contributed by atoms with E-state index in [-0.39, 0.29) is 12.5 Å². The molecule has 1 N–H and O–H groups in total. The van der Waals surface area contributed by atoms with Crippen LogP contribution in [0.3, 0.4) is 0 Å². The first-order chi connectivity index (χ1) is 14.4. The molecule has 3 rings (SSSR count). The molecule has 3 aromatic rings. The monoisotopic (exact) mass is 439 g/mol. The van der Waals surface area contributed by atoms with E-state index in [1.54, 1.807) is 25.1 Å². The van der Waals surface area contributed by atoms with Crippen molar-refractivity contribution in [3.63, 3.8) is 0 Å². The van der Waals surface area contributed by atoms with Crippen molar-refractivity contribution in [1.29, 1.82) is 0 Å². The Balaban J connectivity index is 1.89. The molecule has 4 nitrogen and oxygen atoms in total. The number of hydrogen-bond acceptors (Lipinski definition) is 4. The highest BCUT2D eigenvalue weighted by Crippen LogP contribution is 2.37. The van der Waals surface area contributed by atoms with E-state index in [9.17, 15) is 9.59 Å². The number of ether oxygens (including phenoxy) is 1. The number of amides is 1. The first-order valence-electron chi connectivity index (χ1n) is 9.50. The number of anilines is 1. The molecule has 154 valence electrons. The zero-order valence-corrected chi connectivity index (χ0v) is 18.6. The molecule has 1 amide bonds. The van der Waals surface area contributed by atoms with Crippen LogP contribution in [0.5, 0.6) is 0 Å². The summed E-state index contributed by atoms with van der Waals surface area (Å²) in [5, 5.41) is 5.78. The van der Waals surface area contributed by atoms with Crippen molar-refractivity contribution in [2.45, 2.75) is 20.8 Å². The minimum atomic E-state index is -0.455. The van der Waals surface area contributed by atoms with Gasteiger partial charge in [-0.3, -0.25) is 4.79 Å². The summed E-state index contributed by atoms with van der Waals surface area (Å²) in [6, 6.07) is 13.2. The second kappa shape index (κ2) is 9.74. The fourth-order valence-corrected chi connectivity index (χ4v) is 3.96. The third-order valence-electron chi connectivity index (χ3n) is 4.62. The lowest BCUT2D eigenvalue weighted by Crippen LogP contribution is -2.12. The largest absolute Gasteiger partial charge is 0.462 e. The van der Waals surface area contributed by atoms with Crippen LogP contribution in [0.2, 0.25) is 5.02 Å². The smallest absolute Gasteiger partial charge is 0.341 e. The van der Waals surface area contributed by atoms with E-state index in [4.69, 9.17) is 16.3 Å². The molecule has 0 aliphatic rings. The average molecular weight is 440 g/mol. The number of nitrogens with one attached hydrogen (secondary N) is 1. The minimum Gasteiger partial charge on any atom is -0.462 e. The van der Waals surface area contributed by atoms with E-state index in [0.29, 0.717) is 15.6 Å². The molecule has 1 aromatic heterocycles. The van der Waals surface area contributed by atoms with Crippen LogP contribution in [0, 0.1) is 13.8 Å². The molecule has 0 radical (unpaired) electrons. The molecule has 0 aliphatic carbocycles. The fourth-order valence-electron chi connectivity index (χ4n) is 2.88. The summed E-state index contributed by atoms with van der Waals surface area (Å²) in [5.74, 6) is -0.784. The van der Waals surface area contributed by atoms with Crippen LogP contribution in [-0.4, -0.2) is 18.5 Å². The lowest BCUT2D eigenvalue weighted by molar-refractivity contribution is -0.111. The predicted octanol–water partition coefficient (Wildman–Crippen LogP) is 6.51. The maximum absolute atomic E-state index is 12.7. The summed E-state index contributed by atoms with van der Waals surface area (Å²) in [5.41, 5.74) is 5.19. The highest BCUT2D eigenvalue weighted by molar-refractivity contribution is 7.15. The van der Waals surface area contributed by atoms with Crippen molar-refractivity contribution in [2.24, 2.45) is 0 Å². The Morgan fingerprint density at radius 2 is 1.83 bits per heavy atom. The van der Waals surface area contributed by atoms with Crippen molar-refractivity contribution in [3.05, 3.63) is 81.2 Å². The summed E-state index contributed by atoms with van der Waals surface area (Å²) < 4.78 is 5.25. The topological polar surface area (TPSA) is 55.4 Å². The minimum absolute atomic E-state index is 0.255. The number of thiophene rings is 1. The SMILES string of the molecule is CCOC(=O)c1c(-c2ccc(C)c(C)c2)csc1NC(=O)/C=C/c1ccc(Cl)cc1. The van der Waals surface area contributed by atoms with Crippen molar-refractivity contribution in [2.75, 3.05) is 11.9 Å². The molecule has 2 aromatic carbocycles. The van der Waals surface area contributed by atoms with Crippen LogP contribution in [0.4, 0.5) is 5.00 Å². The Hall–Kier alpha value is -2.89. The molecule has 0 atom stereocenters. The van der Waals surface area contributed by atoms with Gasteiger partial charge in [-0.25, -0.2) is 4.79 Å². The average Bonchev–Trinajstić information content (AvgIpc) is 3.13. The molecule has 1 heterocycles. The standard InChI is InChI=1S/C24H22ClNO3S/c1-4-29-24(28)22-20(18-9-5-15(2)16(3)13-18)14-30-23(22)26-21(27)12-8-17-6-10-19(25)11-7-17/h5-14H,4H2,1-3H3,(H,26,27)/b12-8+. The molecule has 0 unspecified atom stereocenters. The van der Waals surface area contributed by atoms with Crippen LogP contribution in [-0.2, 0) is 9.53 Å². The second-order valence-corrected chi connectivity index (χ2v) is 8.06. The van der Waals surface area contributed by atoms with E-state index in [1.807, 2.05) is 49.6 Å². The number of hydrogen-bond donors (Lipinski definition) is 1. The summed E-state index contributed by atoms with van der Waals surface area (Å²) >= 11 is 7.18. The van der Waals surface area contributed by atoms with Gasteiger partial charge in [0.25, 0.3) is 0 Å². The zero-order valence-electron chi connectivity index (χ0n) is 17.0. The zero-order chi connectivity index (χ0) is 21.7. The Labute approximate surface area is 185 Å². The van der Waals surface area contributed by atoms with Gasteiger partial charge >= 0.3 is 5.97 Å². The lowest BCUT2D eigenvalue weighted by Gasteiger charge is -2.09. The van der Waals surface area contributed by atoms with Crippen molar-refractivity contribution >= 4 is 45.9 Å². The van der Waals surface area contributed by atoms with Crippen LogP contribution in [0.15, 0.2) is 53.9 Å². The maximum atomic E-state index is 12.7. The Morgan fingerprint density at radius 3 is 2.50 bits per heavy atom. The van der Waals surface area contributed by atoms with Gasteiger partial charge in [0, 0.05) is 22.0 Å². The van der Waals surface area contributed by atoms with Gasteiger partial charge in [-0.05, 0) is 61.2 Å². The molecule has 0 fully saturated rings. The van der Waals surface area contributed by atoms with Crippen molar-refractivity contribution < 1.29 is 14.3 Å². The van der Waals surface area contributed by atoms with E-state index in [2.05, 4.69) is 5.32 Å². The number of carbonyl (C=O) groups excluding carboxylic acids is 2. The second-order valence-electron chi connectivity index (χ2n) is 6.75. The summed E-state index contributed by atoms with van der Waals surface area (Å²) in [4.78, 5) is 25.1. The van der Waals surface area contributed by atoms with E-state index in [0.717, 1.165) is 22.3 Å². The molecule has 0 saturated carbocycles. The number of rotatable bonds is 6. The van der Waals surface area contributed by atoms with Gasteiger partial charge in [0.15, 0.2) is 0 Å². The highest BCUT2D eigenvalue weighted by atomic mass is 35.5. The van der Waals surface area contributed by atoms with Crippen LogP contribution in [0.1, 0.15) is 34.0 Å². The summed E-state index contributed by atoms with van der Waals surface area (Å²) in [7, 11) is 0. The van der Waals surface area contributed by atoms with Gasteiger partial charge in [0.2, 0.25) is 5.91 Å². The van der Waals surface area contributed by atoms with Gasteiger partial charge in [-0.1, -0.05) is 41.9 Å². The number of halogens is 1. The number of benzene rings is 2. The van der Waals surface area contributed by atoms with Crippen molar-refractivity contribution in [3.8, 4) is 11.1 Å². The quantitative estimate of drug-likeness (QED) is 0.351. The fraction of sp³-hybridized carbons (Fsp3) is 0.167. The molecule has 0 bridgehead atoms. The molecule has 0 aliphatic heterocycles. The molecule has 0 saturated heterocycles. The van der Waals surface area contributed by atoms with E-state index < -0.39 is 5.97 Å². The van der Waals surface area contributed by atoms with Gasteiger partial charge in [0.05, 0.1) is 6.61 Å². The van der Waals surface area contributed by atoms with Gasteiger partial charge in [-0.2, -0.15) is 0 Å². The van der Waals surface area contributed by atoms with Crippen molar-refractivity contribution in [1.82, 2.24) is 0 Å². The molecule has 6 heteroatoms. The first-order valence-corrected chi connectivity index (χ1v) is 10.8. The normalized spacial score (nSPS) is 10.9. The predicted molar refractivity (Wildman–Crippen MR) is 124 cm³/mol. The first kappa shape index (κ1) is 21.8. The third-order valence-corrected chi connectivity index (χ3v) is 5.77. The van der Waals surface area contributed by atoms with Gasteiger partial charge in [0.1, 0.15) is 10.6 Å². The van der Waals surface area contributed by atoms with Crippen LogP contribution in [0.25, 0.3) is 17.2 Å². The molecular formula is C24H22ClNO3S. The van der Waals surface area contributed by atoms with Gasteiger partial charge in [-0.15, -0.1) is 11.3 Å². The Morgan fingerprint density at radius 1 is 1.10 bits per heavy atom. The molecule has 0 spiro atoms. The summed E-state index contributed by atoms with van der Waals surface area (Å²) in [6.07, 6.45) is 3.11. The third kappa shape index (κ3) is 5.17. The Kier molecular flexibility index (Phi) is 7.08. The van der Waals surface area contributed by atoms with Crippen LogP contribution >= 0.6 is 22.9 Å². The molecule has 30 heavy (non-hydrogen) atoms. The molecular weight excluding hydrogens is 418 g/mol. The number of esters is 1. The van der Waals surface area contributed by atoms with Crippen LogP contribution < -0.4 is 5.32 Å². The number of aryl methyl sites for hydroxylation is 2. The lowest BCUT2D eigenvalue weighted by atomic mass is 9.99. The summed E-state index contributed by atoms with van der Waals surface area (Å²) in [6.45, 7) is 6.08. The highest BCUT2D eigenvalue weighted by Gasteiger charge is 2.22.